The summed E-state index contributed by atoms with van der Waals surface area (Å²) in [5.41, 5.74) is 7.13. The minimum atomic E-state index is -0.253. The largest absolute Gasteiger partial charge is 0.341 e. The topological polar surface area (TPSA) is 46.3 Å². The zero-order valence-electron chi connectivity index (χ0n) is 13.2. The summed E-state index contributed by atoms with van der Waals surface area (Å²) in [6, 6.07) is 6.75. The van der Waals surface area contributed by atoms with Gasteiger partial charge in [0.05, 0.1) is 0 Å². The van der Waals surface area contributed by atoms with Gasteiger partial charge in [0.2, 0.25) is 5.91 Å². The summed E-state index contributed by atoms with van der Waals surface area (Å²) in [4.78, 5) is 14.5. The quantitative estimate of drug-likeness (QED) is 0.933. The fourth-order valence-corrected chi connectivity index (χ4v) is 4.29. The van der Waals surface area contributed by atoms with Crippen molar-refractivity contribution >= 4 is 5.91 Å². The van der Waals surface area contributed by atoms with E-state index in [0.29, 0.717) is 18.4 Å². The molecule has 2 N–H and O–H groups in total. The molecule has 2 unspecified atom stereocenters. The van der Waals surface area contributed by atoms with Crippen LogP contribution >= 0.6 is 0 Å². The molecule has 2 atom stereocenters. The number of hydrogen-bond acceptors (Lipinski definition) is 2. The lowest BCUT2D eigenvalue weighted by atomic mass is 9.65. The van der Waals surface area contributed by atoms with Crippen LogP contribution < -0.4 is 5.73 Å². The Bertz CT molecular complexity index is 534. The van der Waals surface area contributed by atoms with Crippen molar-refractivity contribution in [1.82, 2.24) is 4.90 Å². The molecule has 22 heavy (non-hydrogen) atoms. The van der Waals surface area contributed by atoms with Crippen LogP contribution in [0.3, 0.4) is 0 Å². The maximum absolute atomic E-state index is 13.3. The van der Waals surface area contributed by atoms with Crippen LogP contribution in [0.4, 0.5) is 4.39 Å². The number of fused-ring (bicyclic) bond motifs is 2. The van der Waals surface area contributed by atoms with E-state index in [4.69, 9.17) is 5.73 Å². The Kier molecular flexibility index (Phi) is 4.48. The maximum Gasteiger partial charge on any atom is 0.225 e. The maximum atomic E-state index is 13.3. The lowest BCUT2D eigenvalue weighted by molar-refractivity contribution is -0.137. The van der Waals surface area contributed by atoms with Gasteiger partial charge in [0.15, 0.2) is 0 Å². The molecule has 1 aromatic carbocycles. The van der Waals surface area contributed by atoms with Gasteiger partial charge in [-0.3, -0.25) is 4.79 Å². The zero-order valence-corrected chi connectivity index (χ0v) is 13.2. The standard InChI is InChI=1S/C18H25FN2O/c1-21(11-12-4-2-7-16(19)8-12)18(22)15-9-13-5-3-6-14(10-15)17(13)20/h2,4,7-8,13-15,17H,3,5-6,9-11,20H2,1H3. The first-order chi connectivity index (χ1) is 10.5. The minimum Gasteiger partial charge on any atom is -0.341 e. The van der Waals surface area contributed by atoms with Gasteiger partial charge < -0.3 is 10.6 Å². The number of carbonyl (C=O) groups excluding carboxylic acids is 1. The van der Waals surface area contributed by atoms with Crippen molar-refractivity contribution in [3.63, 3.8) is 0 Å². The van der Waals surface area contributed by atoms with Crippen LogP contribution in [-0.2, 0) is 11.3 Å². The fourth-order valence-electron chi connectivity index (χ4n) is 4.29. The monoisotopic (exact) mass is 304 g/mol. The molecule has 0 saturated heterocycles. The normalized spacial score (nSPS) is 30.9. The van der Waals surface area contributed by atoms with Gasteiger partial charge in [-0.2, -0.15) is 0 Å². The number of benzene rings is 1. The van der Waals surface area contributed by atoms with E-state index in [2.05, 4.69) is 0 Å². The van der Waals surface area contributed by atoms with Crippen molar-refractivity contribution in [2.45, 2.75) is 44.7 Å². The molecular formula is C18H25FN2O. The predicted octanol–water partition coefficient (Wildman–Crippen LogP) is 2.94. The van der Waals surface area contributed by atoms with E-state index in [1.807, 2.05) is 13.1 Å². The Morgan fingerprint density at radius 2 is 2.00 bits per heavy atom. The van der Waals surface area contributed by atoms with Gasteiger partial charge in [-0.25, -0.2) is 4.39 Å². The van der Waals surface area contributed by atoms with Gasteiger partial charge >= 0.3 is 0 Å². The van der Waals surface area contributed by atoms with Crippen LogP contribution in [0.1, 0.15) is 37.7 Å². The predicted molar refractivity (Wildman–Crippen MR) is 84.4 cm³/mol. The molecule has 2 bridgehead atoms. The summed E-state index contributed by atoms with van der Waals surface area (Å²) in [6.07, 6.45) is 5.42. The average Bonchev–Trinajstić information content (AvgIpc) is 2.46. The lowest BCUT2D eigenvalue weighted by Gasteiger charge is -2.44. The highest BCUT2D eigenvalue weighted by Crippen LogP contribution is 2.42. The molecule has 2 saturated carbocycles. The van der Waals surface area contributed by atoms with E-state index in [1.54, 1.807) is 11.0 Å². The molecule has 0 heterocycles. The van der Waals surface area contributed by atoms with Crippen molar-refractivity contribution in [1.29, 1.82) is 0 Å². The van der Waals surface area contributed by atoms with Gasteiger partial charge in [0, 0.05) is 25.6 Å². The highest BCUT2D eigenvalue weighted by atomic mass is 19.1. The van der Waals surface area contributed by atoms with E-state index in [0.717, 1.165) is 31.2 Å². The minimum absolute atomic E-state index is 0.0914. The number of nitrogens with two attached hydrogens (primary N) is 1. The second-order valence-corrected chi connectivity index (χ2v) is 7.02. The number of nitrogens with zero attached hydrogens (tertiary/aromatic N) is 1. The Balaban J connectivity index is 1.63. The van der Waals surface area contributed by atoms with Crippen LogP contribution in [0.15, 0.2) is 24.3 Å². The van der Waals surface area contributed by atoms with Crippen LogP contribution in [0.5, 0.6) is 0 Å². The Morgan fingerprint density at radius 3 is 2.64 bits per heavy atom. The van der Waals surface area contributed by atoms with Crippen molar-refractivity contribution in [2.24, 2.45) is 23.5 Å². The van der Waals surface area contributed by atoms with Crippen LogP contribution in [0.2, 0.25) is 0 Å². The molecule has 1 amide bonds. The lowest BCUT2D eigenvalue weighted by Crippen LogP contribution is -2.49. The number of rotatable bonds is 3. The highest BCUT2D eigenvalue weighted by molar-refractivity contribution is 5.78. The molecule has 2 fully saturated rings. The van der Waals surface area contributed by atoms with Gasteiger partial charge in [-0.1, -0.05) is 18.6 Å². The number of amides is 1. The molecular weight excluding hydrogens is 279 g/mol. The van der Waals surface area contributed by atoms with Crippen molar-refractivity contribution in [3.05, 3.63) is 35.6 Å². The Morgan fingerprint density at radius 1 is 1.32 bits per heavy atom. The first kappa shape index (κ1) is 15.5. The molecule has 0 aromatic heterocycles. The average molecular weight is 304 g/mol. The van der Waals surface area contributed by atoms with E-state index in [1.165, 1.54) is 18.6 Å². The van der Waals surface area contributed by atoms with Gasteiger partial charge in [-0.15, -0.1) is 0 Å². The molecule has 2 aliphatic carbocycles. The molecule has 4 heteroatoms. The second-order valence-electron chi connectivity index (χ2n) is 7.02. The van der Waals surface area contributed by atoms with Gasteiger partial charge in [0.25, 0.3) is 0 Å². The van der Waals surface area contributed by atoms with E-state index in [9.17, 15) is 9.18 Å². The summed E-state index contributed by atoms with van der Waals surface area (Å²) in [5.74, 6) is 1.03. The Labute approximate surface area is 131 Å². The molecule has 120 valence electrons. The van der Waals surface area contributed by atoms with Crippen molar-refractivity contribution in [2.75, 3.05) is 7.05 Å². The molecule has 0 aliphatic heterocycles. The van der Waals surface area contributed by atoms with Crippen molar-refractivity contribution in [3.8, 4) is 0 Å². The zero-order chi connectivity index (χ0) is 15.7. The molecule has 0 radical (unpaired) electrons. The van der Waals surface area contributed by atoms with Gasteiger partial charge in [0.1, 0.15) is 5.82 Å². The smallest absolute Gasteiger partial charge is 0.225 e. The van der Waals surface area contributed by atoms with Gasteiger partial charge in [-0.05, 0) is 55.2 Å². The number of hydrogen-bond donors (Lipinski definition) is 1. The van der Waals surface area contributed by atoms with E-state index < -0.39 is 0 Å². The molecule has 3 rings (SSSR count). The summed E-state index contributed by atoms with van der Waals surface area (Å²) in [7, 11) is 1.82. The third kappa shape index (κ3) is 3.17. The molecule has 0 spiro atoms. The van der Waals surface area contributed by atoms with E-state index in [-0.39, 0.29) is 23.7 Å². The summed E-state index contributed by atoms with van der Waals surface area (Å²) >= 11 is 0. The number of halogens is 1. The first-order valence-electron chi connectivity index (χ1n) is 8.29. The SMILES string of the molecule is CN(Cc1cccc(F)c1)C(=O)C1CC2CCCC(C1)C2N. The number of carbonyl (C=O) groups is 1. The Hall–Kier alpha value is -1.42. The first-order valence-corrected chi connectivity index (χ1v) is 8.29. The van der Waals surface area contributed by atoms with Crippen LogP contribution in [-0.4, -0.2) is 23.9 Å². The fraction of sp³-hybridized carbons (Fsp3) is 0.611. The molecule has 3 nitrogen and oxygen atoms in total. The summed E-state index contributed by atoms with van der Waals surface area (Å²) in [5, 5.41) is 0. The highest BCUT2D eigenvalue weighted by Gasteiger charge is 2.41. The second kappa shape index (κ2) is 6.37. The van der Waals surface area contributed by atoms with Crippen molar-refractivity contribution < 1.29 is 9.18 Å². The molecule has 1 aromatic rings. The van der Waals surface area contributed by atoms with E-state index >= 15 is 0 Å². The molecule has 2 aliphatic rings. The summed E-state index contributed by atoms with van der Waals surface area (Å²) in [6.45, 7) is 0.467. The third-order valence-electron chi connectivity index (χ3n) is 5.45. The van der Waals surface area contributed by atoms with Crippen LogP contribution in [0, 0.1) is 23.6 Å². The third-order valence-corrected chi connectivity index (χ3v) is 5.45. The summed E-state index contributed by atoms with van der Waals surface area (Å²) < 4.78 is 13.3. The van der Waals surface area contributed by atoms with Crippen LogP contribution in [0.25, 0.3) is 0 Å².